The molecule has 0 radical (unpaired) electrons. The van der Waals surface area contributed by atoms with E-state index < -0.39 is 0 Å². The van der Waals surface area contributed by atoms with Crippen LogP contribution in [0, 0.1) is 6.92 Å². The Kier molecular flexibility index (Phi) is 2.76. The summed E-state index contributed by atoms with van der Waals surface area (Å²) >= 11 is 6.31. The van der Waals surface area contributed by atoms with Gasteiger partial charge in [-0.25, -0.2) is 4.98 Å². The molecule has 5 nitrogen and oxygen atoms in total. The molecule has 0 bridgehead atoms. The van der Waals surface area contributed by atoms with Crippen LogP contribution in [0.3, 0.4) is 0 Å². The number of nitrogens with two attached hydrogens (primary N) is 1. The Bertz CT molecular complexity index is 732. The largest absolute Gasteiger partial charge is 0.368 e. The lowest BCUT2D eigenvalue weighted by Gasteiger charge is -2.08. The summed E-state index contributed by atoms with van der Waals surface area (Å²) in [6.45, 7) is 1.92. The molecule has 6 heteroatoms. The molecule has 1 aromatic carbocycles. The van der Waals surface area contributed by atoms with Crippen molar-refractivity contribution in [3.63, 3.8) is 0 Å². The smallest absolute Gasteiger partial charge is 0.222 e. The maximum Gasteiger partial charge on any atom is 0.222 e. The average Bonchev–Trinajstić information content (AvgIpc) is 2.98. The van der Waals surface area contributed by atoms with E-state index in [1.54, 1.807) is 12.3 Å². The van der Waals surface area contributed by atoms with Crippen LogP contribution in [0.15, 0.2) is 41.2 Å². The van der Waals surface area contributed by atoms with Gasteiger partial charge in [0.25, 0.3) is 0 Å². The van der Waals surface area contributed by atoms with Crippen LogP contribution in [0.4, 0.5) is 5.88 Å². The first kappa shape index (κ1) is 11.8. The Balaban J connectivity index is 2.06. The maximum atomic E-state index is 6.31. The van der Waals surface area contributed by atoms with Gasteiger partial charge in [-0.3, -0.25) is 0 Å². The molecule has 3 aromatic rings. The molecule has 0 amide bonds. The molecule has 0 saturated heterocycles. The van der Waals surface area contributed by atoms with E-state index in [2.05, 4.69) is 10.1 Å². The number of rotatable bonds is 2. The quantitative estimate of drug-likeness (QED) is 0.780. The van der Waals surface area contributed by atoms with Gasteiger partial charge in [-0.05, 0) is 19.1 Å². The zero-order valence-electron chi connectivity index (χ0n) is 10.2. The lowest BCUT2D eigenvalue weighted by Crippen LogP contribution is -1.96. The Hall–Kier alpha value is -2.27. The van der Waals surface area contributed by atoms with E-state index in [4.69, 9.17) is 21.9 Å². The Morgan fingerprint density at radius 3 is 2.74 bits per heavy atom. The second-order valence-electron chi connectivity index (χ2n) is 4.13. The third kappa shape index (κ3) is 2.08. The van der Waals surface area contributed by atoms with Crippen LogP contribution in [-0.4, -0.2) is 14.7 Å². The van der Waals surface area contributed by atoms with Crippen LogP contribution in [-0.2, 0) is 0 Å². The number of aryl methyl sites for hydroxylation is 1. The van der Waals surface area contributed by atoms with Crippen LogP contribution in [0.25, 0.3) is 16.9 Å². The maximum absolute atomic E-state index is 6.31. The predicted molar refractivity (Wildman–Crippen MR) is 73.2 cm³/mol. The first-order valence-electron chi connectivity index (χ1n) is 5.67. The summed E-state index contributed by atoms with van der Waals surface area (Å²) in [7, 11) is 0. The summed E-state index contributed by atoms with van der Waals surface area (Å²) in [5.74, 6) is 1.15. The molecule has 2 heterocycles. The fraction of sp³-hybridized carbons (Fsp3) is 0.0769. The van der Waals surface area contributed by atoms with Gasteiger partial charge < -0.3 is 14.8 Å². The molecule has 0 saturated carbocycles. The molecule has 0 aliphatic rings. The van der Waals surface area contributed by atoms with Gasteiger partial charge in [-0.2, -0.15) is 0 Å². The predicted octanol–water partition coefficient (Wildman–Crippen LogP) is 3.07. The van der Waals surface area contributed by atoms with Crippen LogP contribution in [0.2, 0.25) is 5.02 Å². The summed E-state index contributed by atoms with van der Waals surface area (Å²) in [5.41, 5.74) is 7.89. The van der Waals surface area contributed by atoms with Gasteiger partial charge in [0.1, 0.15) is 11.5 Å². The third-order valence-electron chi connectivity index (χ3n) is 2.86. The number of anilines is 1. The standard InChI is InChI=1S/C13H11ClN4O/c1-8-16-4-5-18(8)12-3-2-9(6-10(12)14)11-7-13(15)19-17-11/h2-7H,15H2,1H3. The number of halogens is 1. The van der Waals surface area contributed by atoms with Crippen molar-refractivity contribution in [3.8, 4) is 16.9 Å². The van der Waals surface area contributed by atoms with Crippen molar-refractivity contribution < 1.29 is 4.52 Å². The fourth-order valence-corrected chi connectivity index (χ4v) is 2.19. The minimum Gasteiger partial charge on any atom is -0.368 e. The van der Waals surface area contributed by atoms with E-state index >= 15 is 0 Å². The summed E-state index contributed by atoms with van der Waals surface area (Å²) in [5, 5.41) is 4.47. The highest BCUT2D eigenvalue weighted by Gasteiger charge is 2.09. The minimum atomic E-state index is 0.278. The zero-order valence-corrected chi connectivity index (χ0v) is 10.9. The molecule has 0 fully saturated rings. The Morgan fingerprint density at radius 2 is 2.16 bits per heavy atom. The summed E-state index contributed by atoms with van der Waals surface area (Å²) in [4.78, 5) is 4.18. The molecule has 0 unspecified atom stereocenters. The van der Waals surface area contributed by atoms with Gasteiger partial charge in [0.2, 0.25) is 5.88 Å². The van der Waals surface area contributed by atoms with Gasteiger partial charge in [-0.1, -0.05) is 22.8 Å². The number of aromatic nitrogens is 3. The minimum absolute atomic E-state index is 0.278. The highest BCUT2D eigenvalue weighted by atomic mass is 35.5. The normalized spacial score (nSPS) is 10.8. The second-order valence-corrected chi connectivity index (χ2v) is 4.53. The summed E-state index contributed by atoms with van der Waals surface area (Å²) in [6.07, 6.45) is 3.60. The van der Waals surface area contributed by atoms with Gasteiger partial charge >= 0.3 is 0 Å². The van der Waals surface area contributed by atoms with Crippen LogP contribution >= 0.6 is 11.6 Å². The van der Waals surface area contributed by atoms with Gasteiger partial charge in [0, 0.05) is 24.0 Å². The van der Waals surface area contributed by atoms with Crippen molar-refractivity contribution in [3.05, 3.63) is 47.5 Å². The van der Waals surface area contributed by atoms with Gasteiger partial charge in [-0.15, -0.1) is 0 Å². The summed E-state index contributed by atoms with van der Waals surface area (Å²) in [6, 6.07) is 7.32. The van der Waals surface area contributed by atoms with Crippen LogP contribution < -0.4 is 5.73 Å². The topological polar surface area (TPSA) is 69.9 Å². The molecule has 0 atom stereocenters. The van der Waals surface area contributed by atoms with E-state index in [9.17, 15) is 0 Å². The molecule has 0 spiro atoms. The number of imidazole rings is 1. The number of nitrogens with zero attached hydrogens (tertiary/aromatic N) is 3. The van der Waals surface area contributed by atoms with Gasteiger partial charge in [0.05, 0.1) is 10.7 Å². The summed E-state index contributed by atoms with van der Waals surface area (Å²) < 4.78 is 6.77. The lowest BCUT2D eigenvalue weighted by atomic mass is 10.1. The van der Waals surface area contributed by atoms with Crippen LogP contribution in [0.5, 0.6) is 0 Å². The van der Waals surface area contributed by atoms with E-state index in [-0.39, 0.29) is 5.88 Å². The highest BCUT2D eigenvalue weighted by molar-refractivity contribution is 6.32. The third-order valence-corrected chi connectivity index (χ3v) is 3.16. The van der Waals surface area contributed by atoms with Crippen molar-refractivity contribution in [2.24, 2.45) is 0 Å². The molecule has 0 aliphatic heterocycles. The van der Waals surface area contributed by atoms with Crippen molar-refractivity contribution in [1.29, 1.82) is 0 Å². The van der Waals surface area contributed by atoms with E-state index in [0.717, 1.165) is 17.1 Å². The molecule has 96 valence electrons. The lowest BCUT2D eigenvalue weighted by molar-refractivity contribution is 0.439. The first-order chi connectivity index (χ1) is 9.15. The van der Waals surface area contributed by atoms with Crippen molar-refractivity contribution in [1.82, 2.24) is 14.7 Å². The fourth-order valence-electron chi connectivity index (χ4n) is 1.92. The second kappa shape index (κ2) is 4.44. The Labute approximate surface area is 114 Å². The van der Waals surface area contributed by atoms with Crippen molar-refractivity contribution in [2.75, 3.05) is 5.73 Å². The Morgan fingerprint density at radius 1 is 1.32 bits per heavy atom. The SMILES string of the molecule is Cc1nccn1-c1ccc(-c2cc(N)on2)cc1Cl. The van der Waals surface area contributed by atoms with Crippen LogP contribution in [0.1, 0.15) is 5.82 Å². The van der Waals surface area contributed by atoms with E-state index in [1.165, 1.54) is 0 Å². The van der Waals surface area contributed by atoms with E-state index in [0.29, 0.717) is 10.7 Å². The highest BCUT2D eigenvalue weighted by Crippen LogP contribution is 2.28. The van der Waals surface area contributed by atoms with Crippen molar-refractivity contribution in [2.45, 2.75) is 6.92 Å². The average molecular weight is 275 g/mol. The molecule has 3 rings (SSSR count). The number of hydrogen-bond donors (Lipinski definition) is 1. The molecule has 2 aromatic heterocycles. The molecular weight excluding hydrogens is 264 g/mol. The first-order valence-corrected chi connectivity index (χ1v) is 6.05. The number of nitrogen functional groups attached to an aromatic ring is 1. The number of hydrogen-bond acceptors (Lipinski definition) is 4. The zero-order chi connectivity index (χ0) is 13.4. The molecular formula is C13H11ClN4O. The van der Waals surface area contributed by atoms with Gasteiger partial charge in [0.15, 0.2) is 0 Å². The van der Waals surface area contributed by atoms with E-state index in [1.807, 2.05) is 35.9 Å². The molecule has 2 N–H and O–H groups in total. The molecule has 19 heavy (non-hydrogen) atoms. The molecule has 0 aliphatic carbocycles. The number of benzene rings is 1. The van der Waals surface area contributed by atoms with Crippen molar-refractivity contribution >= 4 is 17.5 Å². The monoisotopic (exact) mass is 274 g/mol.